The van der Waals surface area contributed by atoms with Crippen molar-refractivity contribution in [3.05, 3.63) is 34.1 Å². The highest BCUT2D eigenvalue weighted by molar-refractivity contribution is 9.10. The summed E-state index contributed by atoms with van der Waals surface area (Å²) in [6.45, 7) is 2.23. The van der Waals surface area contributed by atoms with E-state index in [1.807, 2.05) is 6.07 Å². The van der Waals surface area contributed by atoms with Gasteiger partial charge in [0.25, 0.3) is 0 Å². The van der Waals surface area contributed by atoms with E-state index in [0.717, 1.165) is 22.4 Å². The number of halogens is 3. The van der Waals surface area contributed by atoms with Gasteiger partial charge in [-0.1, -0.05) is 28.9 Å². The lowest BCUT2D eigenvalue weighted by molar-refractivity contribution is 0.313. The summed E-state index contributed by atoms with van der Waals surface area (Å²) in [7, 11) is 0. The van der Waals surface area contributed by atoms with Crippen LogP contribution in [-0.4, -0.2) is 5.88 Å². The van der Waals surface area contributed by atoms with E-state index in [1.165, 1.54) is 25.0 Å². The topological polar surface area (TPSA) is 0 Å². The highest BCUT2D eigenvalue weighted by atomic mass is 79.9. The molecule has 1 saturated carbocycles. The zero-order valence-corrected chi connectivity index (χ0v) is 11.6. The molecule has 0 N–H and O–H groups in total. The Bertz CT molecular complexity index is 390. The molecule has 0 radical (unpaired) electrons. The van der Waals surface area contributed by atoms with E-state index in [4.69, 9.17) is 11.6 Å². The van der Waals surface area contributed by atoms with Crippen molar-refractivity contribution in [1.29, 1.82) is 0 Å². The lowest BCUT2D eigenvalue weighted by atomic mass is 9.81. The third-order valence-corrected chi connectivity index (χ3v) is 4.83. The summed E-state index contributed by atoms with van der Waals surface area (Å²) < 4.78 is 13.8. The van der Waals surface area contributed by atoms with Crippen LogP contribution in [0.1, 0.15) is 25.3 Å². The van der Waals surface area contributed by atoms with Crippen LogP contribution in [0.5, 0.6) is 0 Å². The first-order valence-corrected chi connectivity index (χ1v) is 6.88. The minimum absolute atomic E-state index is 0.155. The van der Waals surface area contributed by atoms with Crippen molar-refractivity contribution >= 4 is 27.5 Å². The second kappa shape index (κ2) is 4.66. The zero-order valence-electron chi connectivity index (χ0n) is 9.27. The molecule has 0 aliphatic heterocycles. The molecule has 88 valence electrons. The van der Waals surface area contributed by atoms with Crippen LogP contribution in [0.15, 0.2) is 22.7 Å². The van der Waals surface area contributed by atoms with E-state index in [-0.39, 0.29) is 11.2 Å². The lowest BCUT2D eigenvalue weighted by Gasteiger charge is -2.27. The van der Waals surface area contributed by atoms with E-state index in [0.29, 0.717) is 5.88 Å². The van der Waals surface area contributed by atoms with Gasteiger partial charge in [-0.05, 0) is 48.3 Å². The van der Waals surface area contributed by atoms with Gasteiger partial charge in [0.05, 0.1) is 0 Å². The van der Waals surface area contributed by atoms with Crippen LogP contribution in [0.4, 0.5) is 4.39 Å². The molecule has 3 heteroatoms. The number of benzene rings is 1. The number of rotatable bonds is 4. The van der Waals surface area contributed by atoms with Crippen molar-refractivity contribution in [2.75, 3.05) is 5.88 Å². The van der Waals surface area contributed by atoms with Gasteiger partial charge in [-0.25, -0.2) is 4.39 Å². The first-order chi connectivity index (χ1) is 7.55. The Kier molecular flexibility index (Phi) is 3.60. The molecule has 1 aliphatic carbocycles. The summed E-state index contributed by atoms with van der Waals surface area (Å²) in [5.41, 5.74) is 1.30. The maximum atomic E-state index is 13.0. The van der Waals surface area contributed by atoms with Gasteiger partial charge in [0.2, 0.25) is 0 Å². The number of hydrogen-bond acceptors (Lipinski definition) is 0. The maximum absolute atomic E-state index is 13.0. The minimum atomic E-state index is -0.199. The second-order valence-corrected chi connectivity index (χ2v) is 6.10. The Labute approximate surface area is 109 Å². The third-order valence-electron chi connectivity index (χ3n) is 3.48. The molecule has 0 saturated heterocycles. The van der Waals surface area contributed by atoms with Crippen LogP contribution < -0.4 is 0 Å². The molecule has 1 aliphatic rings. The van der Waals surface area contributed by atoms with Gasteiger partial charge in [0.15, 0.2) is 0 Å². The van der Waals surface area contributed by atoms with Gasteiger partial charge in [0.1, 0.15) is 5.82 Å². The lowest BCUT2D eigenvalue weighted by Crippen LogP contribution is -2.24. The normalized spacial score (nSPS) is 19.5. The monoisotopic (exact) mass is 304 g/mol. The summed E-state index contributed by atoms with van der Waals surface area (Å²) in [5, 5.41) is 0. The van der Waals surface area contributed by atoms with E-state index >= 15 is 0 Å². The average molecular weight is 306 g/mol. The van der Waals surface area contributed by atoms with Gasteiger partial charge in [-0.15, -0.1) is 11.6 Å². The quantitative estimate of drug-likeness (QED) is 0.702. The Hall–Kier alpha value is -0.0800. The molecule has 1 unspecified atom stereocenters. The molecular weight excluding hydrogens is 290 g/mol. The third kappa shape index (κ3) is 2.60. The van der Waals surface area contributed by atoms with Crippen LogP contribution in [-0.2, 0) is 6.42 Å². The van der Waals surface area contributed by atoms with Gasteiger partial charge < -0.3 is 0 Å². The summed E-state index contributed by atoms with van der Waals surface area (Å²) >= 11 is 9.50. The second-order valence-electron chi connectivity index (χ2n) is 4.97. The molecule has 16 heavy (non-hydrogen) atoms. The molecule has 0 bridgehead atoms. The van der Waals surface area contributed by atoms with E-state index in [1.54, 1.807) is 0 Å². The maximum Gasteiger partial charge on any atom is 0.124 e. The highest BCUT2D eigenvalue weighted by Gasteiger charge is 2.40. The summed E-state index contributed by atoms with van der Waals surface area (Å²) in [5.74, 6) is 1.21. The van der Waals surface area contributed by atoms with E-state index < -0.39 is 0 Å². The van der Waals surface area contributed by atoms with Crippen molar-refractivity contribution < 1.29 is 4.39 Å². The molecule has 1 atom stereocenters. The SMILES string of the molecule is CC(CCl)(Cc1ccc(F)cc1Br)C1CC1. The molecule has 1 fully saturated rings. The Morgan fingerprint density at radius 2 is 2.19 bits per heavy atom. The van der Waals surface area contributed by atoms with Crippen LogP contribution in [0.2, 0.25) is 0 Å². The predicted octanol–water partition coefficient (Wildman–Crippen LogP) is 4.79. The zero-order chi connectivity index (χ0) is 11.8. The fourth-order valence-corrected chi connectivity index (χ4v) is 2.98. The van der Waals surface area contributed by atoms with E-state index in [2.05, 4.69) is 22.9 Å². The smallest absolute Gasteiger partial charge is 0.124 e. The Morgan fingerprint density at radius 3 is 2.69 bits per heavy atom. The van der Waals surface area contributed by atoms with Crippen LogP contribution in [0.3, 0.4) is 0 Å². The molecule has 0 aromatic heterocycles. The highest BCUT2D eigenvalue weighted by Crippen LogP contribution is 2.48. The molecule has 0 heterocycles. The molecule has 0 amide bonds. The van der Waals surface area contributed by atoms with Gasteiger partial charge in [0, 0.05) is 10.4 Å². The van der Waals surface area contributed by atoms with Gasteiger partial charge >= 0.3 is 0 Å². The van der Waals surface area contributed by atoms with Crippen molar-refractivity contribution in [1.82, 2.24) is 0 Å². The van der Waals surface area contributed by atoms with Gasteiger partial charge in [-0.2, -0.15) is 0 Å². The average Bonchev–Trinajstić information content (AvgIpc) is 3.06. The fourth-order valence-electron chi connectivity index (χ4n) is 2.18. The molecular formula is C13H15BrClF. The number of hydrogen-bond donors (Lipinski definition) is 0. The first kappa shape index (κ1) is 12.4. The summed E-state index contributed by atoms with van der Waals surface area (Å²) in [6, 6.07) is 4.89. The minimum Gasteiger partial charge on any atom is -0.207 e. The standard InChI is InChI=1S/C13H15BrClF/c1-13(8-15,10-3-4-10)7-9-2-5-11(16)6-12(9)14/h2,5-6,10H,3-4,7-8H2,1H3. The van der Waals surface area contributed by atoms with Crippen LogP contribution in [0.25, 0.3) is 0 Å². The Morgan fingerprint density at radius 1 is 1.50 bits per heavy atom. The largest absolute Gasteiger partial charge is 0.207 e. The van der Waals surface area contributed by atoms with Gasteiger partial charge in [-0.3, -0.25) is 0 Å². The molecule has 0 nitrogen and oxygen atoms in total. The molecule has 0 spiro atoms. The summed E-state index contributed by atoms with van der Waals surface area (Å²) in [6.07, 6.45) is 3.48. The van der Waals surface area contributed by atoms with Crippen molar-refractivity contribution in [3.63, 3.8) is 0 Å². The van der Waals surface area contributed by atoms with Crippen molar-refractivity contribution in [2.45, 2.75) is 26.2 Å². The summed E-state index contributed by atoms with van der Waals surface area (Å²) in [4.78, 5) is 0. The molecule has 2 rings (SSSR count). The van der Waals surface area contributed by atoms with E-state index in [9.17, 15) is 4.39 Å². The predicted molar refractivity (Wildman–Crippen MR) is 69.4 cm³/mol. The first-order valence-electron chi connectivity index (χ1n) is 5.55. The van der Waals surface area contributed by atoms with Crippen LogP contribution >= 0.6 is 27.5 Å². The molecule has 1 aromatic carbocycles. The number of alkyl halides is 1. The van der Waals surface area contributed by atoms with Crippen molar-refractivity contribution in [2.24, 2.45) is 11.3 Å². The Balaban J connectivity index is 2.18. The van der Waals surface area contributed by atoms with Crippen LogP contribution in [0, 0.1) is 17.2 Å². The molecule has 1 aromatic rings. The fraction of sp³-hybridized carbons (Fsp3) is 0.538. The van der Waals surface area contributed by atoms with Crippen molar-refractivity contribution in [3.8, 4) is 0 Å².